The maximum atomic E-state index is 13.0. The van der Waals surface area contributed by atoms with Crippen LogP contribution < -0.4 is 5.73 Å². The summed E-state index contributed by atoms with van der Waals surface area (Å²) in [6.07, 6.45) is 9.86. The minimum atomic E-state index is 0.238. The molecule has 0 aromatic carbocycles. The van der Waals surface area contributed by atoms with Gasteiger partial charge in [-0.2, -0.15) is 0 Å². The molecule has 2 N–H and O–H groups in total. The smallest absolute Gasteiger partial charge is 0.225 e. The second-order valence-electron chi connectivity index (χ2n) is 7.67. The molecule has 2 heterocycles. The Hall–Kier alpha value is -0.940. The van der Waals surface area contributed by atoms with Gasteiger partial charge in [-0.1, -0.05) is 6.42 Å². The number of thiazole rings is 1. The average molecular weight is 334 g/mol. The van der Waals surface area contributed by atoms with Gasteiger partial charge in [-0.05, 0) is 50.4 Å². The highest BCUT2D eigenvalue weighted by molar-refractivity contribution is 7.09. The summed E-state index contributed by atoms with van der Waals surface area (Å²) < 4.78 is 0. The van der Waals surface area contributed by atoms with Gasteiger partial charge in [0.15, 0.2) is 0 Å². The Balaban J connectivity index is 1.35. The third-order valence-electron chi connectivity index (χ3n) is 6.37. The lowest BCUT2D eigenvalue weighted by atomic mass is 9.65. The molecule has 2 atom stereocenters. The third-order valence-corrected chi connectivity index (χ3v) is 7.31. The number of amides is 1. The Morgan fingerprint density at radius 3 is 2.48 bits per heavy atom. The minimum Gasteiger partial charge on any atom is -0.342 e. The highest BCUT2D eigenvalue weighted by Gasteiger charge is 2.42. The zero-order valence-electron chi connectivity index (χ0n) is 13.7. The number of nitrogens with zero attached hydrogens (tertiary/aromatic N) is 2. The standard InChI is InChI=1S/C18H27N3OS/c19-16-13-2-1-3-14(16)11-15(10-13)18(22)21-7-4-12(5-8-21)17-20-6-9-23-17/h6,9,12-16H,1-5,7-8,10-11,19H2. The molecule has 0 radical (unpaired) electrons. The summed E-state index contributed by atoms with van der Waals surface area (Å²) in [5.74, 6) is 2.37. The van der Waals surface area contributed by atoms with Gasteiger partial charge in [0, 0.05) is 42.5 Å². The van der Waals surface area contributed by atoms with Crippen LogP contribution >= 0.6 is 11.3 Å². The Bertz CT molecular complexity index is 524. The van der Waals surface area contributed by atoms with Crippen molar-refractivity contribution in [2.24, 2.45) is 23.5 Å². The molecule has 5 heteroatoms. The molecule has 4 nitrogen and oxygen atoms in total. The van der Waals surface area contributed by atoms with Crippen molar-refractivity contribution in [3.05, 3.63) is 16.6 Å². The molecule has 2 saturated carbocycles. The second kappa shape index (κ2) is 6.52. The molecule has 1 aromatic rings. The van der Waals surface area contributed by atoms with Gasteiger partial charge in [0.2, 0.25) is 5.91 Å². The van der Waals surface area contributed by atoms with Crippen LogP contribution in [0.5, 0.6) is 0 Å². The van der Waals surface area contributed by atoms with Gasteiger partial charge in [0.05, 0.1) is 5.01 Å². The maximum absolute atomic E-state index is 13.0. The van der Waals surface area contributed by atoms with E-state index in [-0.39, 0.29) is 5.92 Å². The van der Waals surface area contributed by atoms with Crippen LogP contribution in [0.4, 0.5) is 0 Å². The summed E-state index contributed by atoms with van der Waals surface area (Å²) in [5, 5.41) is 3.30. The van der Waals surface area contributed by atoms with Gasteiger partial charge in [0.25, 0.3) is 0 Å². The van der Waals surface area contributed by atoms with Crippen molar-refractivity contribution in [3.8, 4) is 0 Å². The molecule has 126 valence electrons. The quantitative estimate of drug-likeness (QED) is 0.905. The molecule has 2 aliphatic carbocycles. The van der Waals surface area contributed by atoms with Gasteiger partial charge in [-0.25, -0.2) is 4.98 Å². The monoisotopic (exact) mass is 333 g/mol. The minimum absolute atomic E-state index is 0.238. The first kappa shape index (κ1) is 15.6. The fourth-order valence-corrected chi connectivity index (χ4v) is 5.84. The van der Waals surface area contributed by atoms with Crippen LogP contribution in [0.2, 0.25) is 0 Å². The first-order valence-corrected chi connectivity index (χ1v) is 10.0. The van der Waals surface area contributed by atoms with E-state index in [0.29, 0.717) is 29.7 Å². The van der Waals surface area contributed by atoms with Gasteiger partial charge < -0.3 is 10.6 Å². The van der Waals surface area contributed by atoms with Crippen molar-refractivity contribution in [2.45, 2.75) is 56.9 Å². The van der Waals surface area contributed by atoms with E-state index in [9.17, 15) is 4.79 Å². The summed E-state index contributed by atoms with van der Waals surface area (Å²) in [5.41, 5.74) is 6.37. The Labute approximate surface area is 142 Å². The normalized spacial score (nSPS) is 35.3. The highest BCUT2D eigenvalue weighted by Crippen LogP contribution is 2.42. The topological polar surface area (TPSA) is 59.2 Å². The zero-order chi connectivity index (χ0) is 15.8. The van der Waals surface area contributed by atoms with Crippen LogP contribution in [0.15, 0.2) is 11.6 Å². The van der Waals surface area contributed by atoms with Gasteiger partial charge in [0.1, 0.15) is 0 Å². The lowest BCUT2D eigenvalue weighted by Crippen LogP contribution is -2.50. The molecule has 1 aromatic heterocycles. The highest BCUT2D eigenvalue weighted by atomic mass is 32.1. The number of hydrogen-bond donors (Lipinski definition) is 1. The summed E-state index contributed by atoms with van der Waals surface area (Å²) >= 11 is 1.75. The lowest BCUT2D eigenvalue weighted by molar-refractivity contribution is -0.139. The molecule has 3 fully saturated rings. The van der Waals surface area contributed by atoms with E-state index >= 15 is 0 Å². The summed E-state index contributed by atoms with van der Waals surface area (Å²) in [7, 11) is 0. The van der Waals surface area contributed by atoms with Crippen LogP contribution in [-0.4, -0.2) is 34.9 Å². The number of fused-ring (bicyclic) bond motifs is 2. The van der Waals surface area contributed by atoms with E-state index in [1.54, 1.807) is 11.3 Å². The first-order valence-electron chi connectivity index (χ1n) is 9.16. The largest absolute Gasteiger partial charge is 0.342 e. The van der Waals surface area contributed by atoms with E-state index < -0.39 is 0 Å². The Morgan fingerprint density at radius 1 is 1.17 bits per heavy atom. The number of likely N-dealkylation sites (tertiary alicyclic amines) is 1. The SMILES string of the molecule is NC1C2CCCC1CC(C(=O)N1CCC(c3nccs3)CC1)C2. The second-order valence-corrected chi connectivity index (χ2v) is 8.59. The number of carbonyl (C=O) groups excluding carboxylic acids is 1. The zero-order valence-corrected chi connectivity index (χ0v) is 14.5. The molecule has 4 rings (SSSR count). The number of nitrogens with two attached hydrogens (primary N) is 1. The molecule has 1 saturated heterocycles. The average Bonchev–Trinajstić information content (AvgIpc) is 3.08. The van der Waals surface area contributed by atoms with Crippen LogP contribution in [0, 0.1) is 17.8 Å². The molecule has 2 bridgehead atoms. The summed E-state index contributed by atoms with van der Waals surface area (Å²) in [4.78, 5) is 19.5. The van der Waals surface area contributed by atoms with Gasteiger partial charge in [-0.3, -0.25) is 4.79 Å². The number of piperidine rings is 1. The van der Waals surface area contributed by atoms with Crippen molar-refractivity contribution < 1.29 is 4.79 Å². The van der Waals surface area contributed by atoms with E-state index in [0.717, 1.165) is 38.8 Å². The molecule has 1 aliphatic heterocycles. The van der Waals surface area contributed by atoms with Crippen molar-refractivity contribution in [2.75, 3.05) is 13.1 Å². The van der Waals surface area contributed by atoms with Crippen molar-refractivity contribution in [3.63, 3.8) is 0 Å². The predicted molar refractivity (Wildman–Crippen MR) is 92.2 cm³/mol. The molecular formula is C18H27N3OS. The van der Waals surface area contributed by atoms with Crippen molar-refractivity contribution in [1.29, 1.82) is 0 Å². The molecule has 1 amide bonds. The predicted octanol–water partition coefficient (Wildman–Crippen LogP) is 3.00. The summed E-state index contributed by atoms with van der Waals surface area (Å²) in [6, 6.07) is 0.350. The fourth-order valence-electron chi connectivity index (χ4n) is 5.03. The molecule has 3 aliphatic rings. The number of aromatic nitrogens is 1. The Morgan fingerprint density at radius 2 is 1.87 bits per heavy atom. The first-order chi connectivity index (χ1) is 11.2. The van der Waals surface area contributed by atoms with Crippen molar-refractivity contribution in [1.82, 2.24) is 9.88 Å². The maximum Gasteiger partial charge on any atom is 0.225 e. The molecular weight excluding hydrogens is 306 g/mol. The number of carbonyl (C=O) groups is 1. The van der Waals surface area contributed by atoms with E-state index in [1.807, 2.05) is 6.20 Å². The van der Waals surface area contributed by atoms with Crippen molar-refractivity contribution >= 4 is 17.2 Å². The fraction of sp³-hybridized carbons (Fsp3) is 0.778. The van der Waals surface area contributed by atoms with E-state index in [2.05, 4.69) is 15.3 Å². The lowest BCUT2D eigenvalue weighted by Gasteiger charge is -2.45. The van der Waals surface area contributed by atoms with E-state index in [4.69, 9.17) is 5.73 Å². The van der Waals surface area contributed by atoms with Crippen LogP contribution in [0.25, 0.3) is 0 Å². The molecule has 0 spiro atoms. The number of rotatable bonds is 2. The van der Waals surface area contributed by atoms with Crippen LogP contribution in [0.3, 0.4) is 0 Å². The van der Waals surface area contributed by atoms with Crippen LogP contribution in [-0.2, 0) is 4.79 Å². The van der Waals surface area contributed by atoms with Gasteiger partial charge >= 0.3 is 0 Å². The molecule has 23 heavy (non-hydrogen) atoms. The van der Waals surface area contributed by atoms with E-state index in [1.165, 1.54) is 24.3 Å². The third kappa shape index (κ3) is 3.05. The summed E-state index contributed by atoms with van der Waals surface area (Å²) in [6.45, 7) is 1.81. The van der Waals surface area contributed by atoms with Gasteiger partial charge in [-0.15, -0.1) is 11.3 Å². The van der Waals surface area contributed by atoms with Crippen LogP contribution in [0.1, 0.15) is 55.9 Å². The molecule has 2 unspecified atom stereocenters. The Kier molecular flexibility index (Phi) is 4.41. The number of hydrogen-bond acceptors (Lipinski definition) is 4.